The summed E-state index contributed by atoms with van der Waals surface area (Å²) in [6.07, 6.45) is 2.22. The van der Waals surface area contributed by atoms with Gasteiger partial charge in [0.2, 0.25) is 0 Å². The van der Waals surface area contributed by atoms with E-state index < -0.39 is 0 Å². The minimum absolute atomic E-state index is 0.193. The lowest BCUT2D eigenvalue weighted by Crippen LogP contribution is -2.20. The van der Waals surface area contributed by atoms with Crippen molar-refractivity contribution in [1.82, 2.24) is 10.3 Å². The zero-order valence-corrected chi connectivity index (χ0v) is 9.23. The molecule has 0 unspecified atom stereocenters. The minimum atomic E-state index is 0.193. The van der Waals surface area contributed by atoms with Crippen molar-refractivity contribution in [3.63, 3.8) is 0 Å². The van der Waals surface area contributed by atoms with Gasteiger partial charge in [0.1, 0.15) is 0 Å². The number of ketones is 1. The van der Waals surface area contributed by atoms with Gasteiger partial charge >= 0.3 is 0 Å². The standard InChI is InChI=1S/C13H14N2O/c1-14-9-11(16)8-10-6-7-15-13-5-3-2-4-12(10)13/h2-7,14H,8-9H2,1H3. The van der Waals surface area contributed by atoms with E-state index in [9.17, 15) is 4.79 Å². The summed E-state index contributed by atoms with van der Waals surface area (Å²) in [6.45, 7) is 0.413. The molecule has 0 fully saturated rings. The molecule has 0 atom stereocenters. The Hall–Kier alpha value is -1.74. The summed E-state index contributed by atoms with van der Waals surface area (Å²) < 4.78 is 0. The molecular weight excluding hydrogens is 200 g/mol. The second-order valence-corrected chi connectivity index (χ2v) is 3.73. The van der Waals surface area contributed by atoms with Crippen LogP contribution >= 0.6 is 0 Å². The molecule has 0 aliphatic heterocycles. The number of benzene rings is 1. The summed E-state index contributed by atoms with van der Waals surface area (Å²) in [7, 11) is 1.78. The zero-order valence-electron chi connectivity index (χ0n) is 9.23. The van der Waals surface area contributed by atoms with Gasteiger partial charge in [-0.2, -0.15) is 0 Å². The summed E-state index contributed by atoms with van der Waals surface area (Å²) in [5.41, 5.74) is 1.99. The first kappa shape index (κ1) is 10.8. The lowest BCUT2D eigenvalue weighted by atomic mass is 10.0. The maximum Gasteiger partial charge on any atom is 0.150 e. The average Bonchev–Trinajstić information content (AvgIpc) is 2.30. The SMILES string of the molecule is CNCC(=O)Cc1ccnc2ccccc12. The molecule has 1 N–H and O–H groups in total. The summed E-state index contributed by atoms with van der Waals surface area (Å²) in [5.74, 6) is 0.193. The van der Waals surface area contributed by atoms with Crippen LogP contribution in [-0.4, -0.2) is 24.4 Å². The number of hydrogen-bond acceptors (Lipinski definition) is 3. The van der Waals surface area contributed by atoms with Gasteiger partial charge in [0.15, 0.2) is 5.78 Å². The molecule has 0 aliphatic carbocycles. The smallest absolute Gasteiger partial charge is 0.150 e. The molecular formula is C13H14N2O. The van der Waals surface area contributed by atoms with Gasteiger partial charge in [-0.25, -0.2) is 0 Å². The third kappa shape index (κ3) is 2.25. The highest BCUT2D eigenvalue weighted by molar-refractivity contribution is 5.89. The quantitative estimate of drug-likeness (QED) is 0.840. The van der Waals surface area contributed by atoms with Crippen molar-refractivity contribution in [3.05, 3.63) is 42.1 Å². The molecule has 0 bridgehead atoms. The van der Waals surface area contributed by atoms with Crippen LogP contribution in [0.25, 0.3) is 10.9 Å². The highest BCUT2D eigenvalue weighted by Gasteiger charge is 2.06. The van der Waals surface area contributed by atoms with Gasteiger partial charge in [-0.05, 0) is 24.7 Å². The number of nitrogens with zero attached hydrogens (tertiary/aromatic N) is 1. The molecule has 0 saturated heterocycles. The average molecular weight is 214 g/mol. The van der Waals surface area contributed by atoms with E-state index in [1.807, 2.05) is 30.3 Å². The number of carbonyl (C=O) groups excluding carboxylic acids is 1. The lowest BCUT2D eigenvalue weighted by molar-refractivity contribution is -0.117. The third-order valence-corrected chi connectivity index (χ3v) is 2.50. The Labute approximate surface area is 94.5 Å². The Morgan fingerprint density at radius 2 is 2.12 bits per heavy atom. The number of fused-ring (bicyclic) bond motifs is 1. The molecule has 0 amide bonds. The zero-order chi connectivity index (χ0) is 11.4. The van der Waals surface area contributed by atoms with E-state index in [4.69, 9.17) is 0 Å². The highest BCUT2D eigenvalue weighted by Crippen LogP contribution is 2.16. The first-order valence-electron chi connectivity index (χ1n) is 5.30. The van der Waals surface area contributed by atoms with E-state index in [1.54, 1.807) is 13.2 Å². The van der Waals surface area contributed by atoms with Crippen molar-refractivity contribution >= 4 is 16.7 Å². The Morgan fingerprint density at radius 1 is 1.31 bits per heavy atom. The summed E-state index contributed by atoms with van der Waals surface area (Å²) in [5, 5.41) is 3.93. The Bertz CT molecular complexity index is 503. The molecule has 2 aromatic rings. The number of Topliss-reactive ketones (excluding diaryl/α,β-unsaturated/α-hetero) is 1. The fourth-order valence-electron chi connectivity index (χ4n) is 1.78. The second-order valence-electron chi connectivity index (χ2n) is 3.73. The summed E-state index contributed by atoms with van der Waals surface area (Å²) >= 11 is 0. The van der Waals surface area contributed by atoms with Crippen LogP contribution in [0.4, 0.5) is 0 Å². The lowest BCUT2D eigenvalue weighted by Gasteiger charge is -2.04. The van der Waals surface area contributed by atoms with Crippen LogP contribution < -0.4 is 5.32 Å². The maximum atomic E-state index is 11.6. The number of para-hydroxylation sites is 1. The highest BCUT2D eigenvalue weighted by atomic mass is 16.1. The molecule has 0 spiro atoms. The monoisotopic (exact) mass is 214 g/mol. The van der Waals surface area contributed by atoms with Gasteiger partial charge in [-0.1, -0.05) is 18.2 Å². The first-order chi connectivity index (χ1) is 7.81. The Kier molecular flexibility index (Phi) is 3.27. The van der Waals surface area contributed by atoms with Gasteiger partial charge in [0.05, 0.1) is 12.1 Å². The normalized spacial score (nSPS) is 10.6. The number of likely N-dealkylation sites (N-methyl/N-ethyl adjacent to an activating group) is 1. The Balaban J connectivity index is 2.33. The molecule has 3 nitrogen and oxygen atoms in total. The van der Waals surface area contributed by atoms with Crippen molar-refractivity contribution in [2.75, 3.05) is 13.6 Å². The molecule has 16 heavy (non-hydrogen) atoms. The van der Waals surface area contributed by atoms with Crippen LogP contribution in [0.15, 0.2) is 36.5 Å². The number of carbonyl (C=O) groups is 1. The Morgan fingerprint density at radius 3 is 2.94 bits per heavy atom. The van der Waals surface area contributed by atoms with Crippen LogP contribution in [0, 0.1) is 0 Å². The third-order valence-electron chi connectivity index (χ3n) is 2.50. The molecule has 0 radical (unpaired) electrons. The molecule has 1 aromatic heterocycles. The van der Waals surface area contributed by atoms with Crippen molar-refractivity contribution in [2.24, 2.45) is 0 Å². The number of aromatic nitrogens is 1. The molecule has 2 rings (SSSR count). The summed E-state index contributed by atoms with van der Waals surface area (Å²) in [6, 6.07) is 9.80. The number of rotatable bonds is 4. The molecule has 1 heterocycles. The molecule has 3 heteroatoms. The summed E-state index contributed by atoms with van der Waals surface area (Å²) in [4.78, 5) is 15.8. The van der Waals surface area contributed by atoms with Crippen LogP contribution in [0.1, 0.15) is 5.56 Å². The predicted molar refractivity (Wildman–Crippen MR) is 64.4 cm³/mol. The number of pyridine rings is 1. The van der Waals surface area contributed by atoms with Gasteiger partial charge in [0.25, 0.3) is 0 Å². The van der Waals surface area contributed by atoms with Gasteiger partial charge in [-0.15, -0.1) is 0 Å². The number of nitrogens with one attached hydrogen (secondary N) is 1. The van der Waals surface area contributed by atoms with E-state index in [-0.39, 0.29) is 5.78 Å². The van der Waals surface area contributed by atoms with Crippen molar-refractivity contribution < 1.29 is 4.79 Å². The molecule has 1 aromatic carbocycles. The second kappa shape index (κ2) is 4.86. The topological polar surface area (TPSA) is 42.0 Å². The molecule has 0 saturated carbocycles. The minimum Gasteiger partial charge on any atom is -0.313 e. The molecule has 0 aliphatic rings. The van der Waals surface area contributed by atoms with Crippen LogP contribution in [-0.2, 0) is 11.2 Å². The van der Waals surface area contributed by atoms with Crippen molar-refractivity contribution in [3.8, 4) is 0 Å². The van der Waals surface area contributed by atoms with E-state index >= 15 is 0 Å². The van der Waals surface area contributed by atoms with Crippen molar-refractivity contribution in [2.45, 2.75) is 6.42 Å². The first-order valence-corrected chi connectivity index (χ1v) is 5.30. The molecule has 82 valence electrons. The van der Waals surface area contributed by atoms with Gasteiger partial charge < -0.3 is 5.32 Å². The fraction of sp³-hybridized carbons (Fsp3) is 0.231. The van der Waals surface area contributed by atoms with Crippen LogP contribution in [0.3, 0.4) is 0 Å². The van der Waals surface area contributed by atoms with Gasteiger partial charge in [-0.3, -0.25) is 9.78 Å². The van der Waals surface area contributed by atoms with Crippen molar-refractivity contribution in [1.29, 1.82) is 0 Å². The van der Waals surface area contributed by atoms with Gasteiger partial charge in [0, 0.05) is 18.0 Å². The van der Waals surface area contributed by atoms with Crippen LogP contribution in [0.2, 0.25) is 0 Å². The van der Waals surface area contributed by atoms with E-state index in [1.165, 1.54) is 0 Å². The van der Waals surface area contributed by atoms with E-state index in [0.717, 1.165) is 16.5 Å². The maximum absolute atomic E-state index is 11.6. The van der Waals surface area contributed by atoms with Crippen LogP contribution in [0.5, 0.6) is 0 Å². The van der Waals surface area contributed by atoms with E-state index in [2.05, 4.69) is 10.3 Å². The largest absolute Gasteiger partial charge is 0.313 e. The predicted octanol–water partition coefficient (Wildman–Crippen LogP) is 1.57. The fourth-order valence-corrected chi connectivity index (χ4v) is 1.78. The number of hydrogen-bond donors (Lipinski definition) is 1. The van der Waals surface area contributed by atoms with E-state index in [0.29, 0.717) is 13.0 Å².